The molecule has 0 amide bonds. The van der Waals surface area contributed by atoms with Gasteiger partial charge < -0.3 is 0 Å². The SMILES string of the molecule is Cc1ccc(-c2ccc3c(c2)C(C)(C)c2ccc4ccccc4c2-3)c2ccccc12. The van der Waals surface area contributed by atoms with Gasteiger partial charge in [-0.1, -0.05) is 98.8 Å². The zero-order valence-electron chi connectivity index (χ0n) is 17.7. The van der Waals surface area contributed by atoms with Crippen LogP contribution in [0.15, 0.2) is 91.0 Å². The van der Waals surface area contributed by atoms with E-state index in [1.54, 1.807) is 0 Å². The third-order valence-corrected chi connectivity index (χ3v) is 7.02. The number of aryl methyl sites for hydroxylation is 1. The van der Waals surface area contributed by atoms with Crippen molar-refractivity contribution in [1.82, 2.24) is 0 Å². The summed E-state index contributed by atoms with van der Waals surface area (Å²) >= 11 is 0. The second kappa shape index (κ2) is 6.06. The molecule has 0 saturated heterocycles. The average Bonchev–Trinajstić information content (AvgIpc) is 3.01. The highest BCUT2D eigenvalue weighted by molar-refractivity contribution is 6.04. The van der Waals surface area contributed by atoms with Crippen molar-refractivity contribution >= 4 is 21.5 Å². The number of fused-ring (bicyclic) bond motifs is 6. The molecule has 0 atom stereocenters. The second-order valence-electron chi connectivity index (χ2n) is 9.07. The standard InChI is InChI=1S/C30H24/c1-19-12-15-23(25-11-7-6-9-22(19)25)21-13-16-26-28(18-21)30(2,3)27-17-14-20-8-4-5-10-24(20)29(26)27/h4-18H,1-3H3. The van der Waals surface area contributed by atoms with E-state index in [0.717, 1.165) is 0 Å². The van der Waals surface area contributed by atoms with Crippen molar-refractivity contribution in [3.05, 3.63) is 108 Å². The molecule has 144 valence electrons. The van der Waals surface area contributed by atoms with Gasteiger partial charge in [-0.15, -0.1) is 0 Å². The molecule has 0 aliphatic heterocycles. The van der Waals surface area contributed by atoms with Crippen molar-refractivity contribution in [3.63, 3.8) is 0 Å². The van der Waals surface area contributed by atoms with Gasteiger partial charge in [-0.2, -0.15) is 0 Å². The van der Waals surface area contributed by atoms with E-state index in [1.165, 1.54) is 60.5 Å². The molecule has 1 aliphatic carbocycles. The molecular weight excluding hydrogens is 360 g/mol. The highest BCUT2D eigenvalue weighted by Crippen LogP contribution is 2.52. The fourth-order valence-electron chi connectivity index (χ4n) is 5.38. The first-order valence-corrected chi connectivity index (χ1v) is 10.7. The Morgan fingerprint density at radius 3 is 2.10 bits per heavy atom. The lowest BCUT2D eigenvalue weighted by molar-refractivity contribution is 0.661. The maximum absolute atomic E-state index is 2.43. The van der Waals surface area contributed by atoms with E-state index in [2.05, 4.69) is 112 Å². The molecular formula is C30H24. The summed E-state index contributed by atoms with van der Waals surface area (Å²) in [6.45, 7) is 6.92. The van der Waals surface area contributed by atoms with Crippen LogP contribution in [0.25, 0.3) is 43.8 Å². The molecule has 0 nitrogen and oxygen atoms in total. The maximum atomic E-state index is 2.43. The van der Waals surface area contributed by atoms with Gasteiger partial charge >= 0.3 is 0 Å². The summed E-state index contributed by atoms with van der Waals surface area (Å²) in [5, 5.41) is 5.34. The Morgan fingerprint density at radius 2 is 1.27 bits per heavy atom. The summed E-state index contributed by atoms with van der Waals surface area (Å²) in [6.07, 6.45) is 0. The van der Waals surface area contributed by atoms with Crippen LogP contribution >= 0.6 is 0 Å². The summed E-state index contributed by atoms with van der Waals surface area (Å²) in [7, 11) is 0. The van der Waals surface area contributed by atoms with Crippen LogP contribution in [0.3, 0.4) is 0 Å². The Bertz CT molecular complexity index is 1470. The number of hydrogen-bond acceptors (Lipinski definition) is 0. The maximum Gasteiger partial charge on any atom is 0.0159 e. The van der Waals surface area contributed by atoms with Crippen LogP contribution < -0.4 is 0 Å². The van der Waals surface area contributed by atoms with Crippen molar-refractivity contribution in [3.8, 4) is 22.3 Å². The van der Waals surface area contributed by atoms with Crippen LogP contribution in [0.2, 0.25) is 0 Å². The van der Waals surface area contributed by atoms with Crippen molar-refractivity contribution in [2.24, 2.45) is 0 Å². The minimum absolute atomic E-state index is 0.00872. The zero-order chi connectivity index (χ0) is 20.5. The predicted octanol–water partition coefficient (Wildman–Crippen LogP) is 8.27. The van der Waals surface area contributed by atoms with E-state index >= 15 is 0 Å². The quantitative estimate of drug-likeness (QED) is 0.273. The molecule has 1 aliphatic rings. The van der Waals surface area contributed by atoms with Gasteiger partial charge in [-0.05, 0) is 73.5 Å². The first-order valence-electron chi connectivity index (χ1n) is 10.7. The van der Waals surface area contributed by atoms with Crippen LogP contribution in [0.5, 0.6) is 0 Å². The molecule has 0 spiro atoms. The third-order valence-electron chi connectivity index (χ3n) is 7.02. The Morgan fingerprint density at radius 1 is 0.567 bits per heavy atom. The topological polar surface area (TPSA) is 0 Å². The molecule has 0 bridgehead atoms. The molecule has 5 aromatic rings. The summed E-state index contributed by atoms with van der Waals surface area (Å²) < 4.78 is 0. The fourth-order valence-corrected chi connectivity index (χ4v) is 5.38. The number of rotatable bonds is 1. The van der Waals surface area contributed by atoms with Gasteiger partial charge in [0, 0.05) is 5.41 Å². The van der Waals surface area contributed by atoms with Gasteiger partial charge in [0.05, 0.1) is 0 Å². The molecule has 30 heavy (non-hydrogen) atoms. The molecule has 0 unspecified atom stereocenters. The van der Waals surface area contributed by atoms with Gasteiger partial charge in [-0.3, -0.25) is 0 Å². The Kier molecular flexibility index (Phi) is 3.53. The number of hydrogen-bond donors (Lipinski definition) is 0. The van der Waals surface area contributed by atoms with Crippen LogP contribution in [-0.2, 0) is 5.41 Å². The van der Waals surface area contributed by atoms with Gasteiger partial charge in [0.2, 0.25) is 0 Å². The summed E-state index contributed by atoms with van der Waals surface area (Å²) in [5.41, 5.74) is 9.59. The first-order chi connectivity index (χ1) is 14.6. The van der Waals surface area contributed by atoms with E-state index in [0.29, 0.717) is 0 Å². The second-order valence-corrected chi connectivity index (χ2v) is 9.07. The highest BCUT2D eigenvalue weighted by Gasteiger charge is 2.36. The lowest BCUT2D eigenvalue weighted by Crippen LogP contribution is -2.15. The summed E-state index contributed by atoms with van der Waals surface area (Å²) in [4.78, 5) is 0. The minimum Gasteiger partial charge on any atom is -0.0616 e. The minimum atomic E-state index is -0.00872. The van der Waals surface area contributed by atoms with Crippen molar-refractivity contribution in [1.29, 1.82) is 0 Å². The first kappa shape index (κ1) is 17.5. The molecule has 0 radical (unpaired) electrons. The monoisotopic (exact) mass is 384 g/mol. The number of benzene rings is 5. The van der Waals surface area contributed by atoms with Crippen molar-refractivity contribution < 1.29 is 0 Å². The largest absolute Gasteiger partial charge is 0.0616 e. The zero-order valence-corrected chi connectivity index (χ0v) is 17.7. The highest BCUT2D eigenvalue weighted by atomic mass is 14.4. The van der Waals surface area contributed by atoms with Gasteiger partial charge in [0.25, 0.3) is 0 Å². The van der Waals surface area contributed by atoms with E-state index in [9.17, 15) is 0 Å². The molecule has 0 aromatic heterocycles. The van der Waals surface area contributed by atoms with Crippen molar-refractivity contribution in [2.45, 2.75) is 26.2 Å². The van der Waals surface area contributed by atoms with E-state index in [-0.39, 0.29) is 5.41 Å². The molecule has 0 saturated carbocycles. The van der Waals surface area contributed by atoms with Gasteiger partial charge in [-0.25, -0.2) is 0 Å². The van der Waals surface area contributed by atoms with Crippen LogP contribution in [0.4, 0.5) is 0 Å². The van der Waals surface area contributed by atoms with Gasteiger partial charge in [0.15, 0.2) is 0 Å². The lowest BCUT2D eigenvalue weighted by Gasteiger charge is -2.22. The molecule has 0 fully saturated rings. The average molecular weight is 385 g/mol. The summed E-state index contributed by atoms with van der Waals surface area (Å²) in [6, 6.07) is 33.7. The van der Waals surface area contributed by atoms with Gasteiger partial charge in [0.1, 0.15) is 0 Å². The third kappa shape index (κ3) is 2.28. The molecule has 5 aromatic carbocycles. The van der Waals surface area contributed by atoms with Crippen molar-refractivity contribution in [2.75, 3.05) is 0 Å². The normalized spacial score (nSPS) is 14.1. The van der Waals surface area contributed by atoms with E-state index < -0.39 is 0 Å². The Labute approximate surface area is 177 Å². The smallest absolute Gasteiger partial charge is 0.0159 e. The molecule has 0 heteroatoms. The van der Waals surface area contributed by atoms with Crippen LogP contribution in [0, 0.1) is 6.92 Å². The molecule has 0 heterocycles. The summed E-state index contributed by atoms with van der Waals surface area (Å²) in [5.74, 6) is 0. The van der Waals surface area contributed by atoms with Crippen LogP contribution in [-0.4, -0.2) is 0 Å². The lowest BCUT2D eigenvalue weighted by atomic mass is 9.81. The molecule has 6 rings (SSSR count). The van der Waals surface area contributed by atoms with E-state index in [1.807, 2.05) is 0 Å². The van der Waals surface area contributed by atoms with E-state index in [4.69, 9.17) is 0 Å². The fraction of sp³-hybridized carbons (Fsp3) is 0.133. The Balaban J connectivity index is 1.63. The Hall–Kier alpha value is -3.38. The predicted molar refractivity (Wildman–Crippen MR) is 129 cm³/mol. The molecule has 0 N–H and O–H groups in total. The van der Waals surface area contributed by atoms with Crippen LogP contribution in [0.1, 0.15) is 30.5 Å².